The minimum atomic E-state index is -0.931. The first-order chi connectivity index (χ1) is 17.5. The number of hydrogen-bond donors (Lipinski definition) is 0. The first-order valence-electron chi connectivity index (χ1n) is 11.6. The molecule has 0 aliphatic rings. The SMILES string of the molecule is COC(=O)c1c(C)c(C(=O)C(C)N(Cc2ccc(F)cc2)C(=O)c2cc(OC)cc(OC)c2)c(C)n1C. The summed E-state index contributed by atoms with van der Waals surface area (Å²) < 4.78 is 30.7. The summed E-state index contributed by atoms with van der Waals surface area (Å²) in [7, 11) is 5.91. The summed E-state index contributed by atoms with van der Waals surface area (Å²) >= 11 is 0. The molecule has 8 nitrogen and oxygen atoms in total. The van der Waals surface area contributed by atoms with Gasteiger partial charge in [-0.25, -0.2) is 9.18 Å². The second-order valence-corrected chi connectivity index (χ2v) is 8.69. The zero-order chi connectivity index (χ0) is 27.4. The lowest BCUT2D eigenvalue weighted by Crippen LogP contribution is -2.43. The zero-order valence-electron chi connectivity index (χ0n) is 22.0. The molecule has 1 unspecified atom stereocenters. The molecule has 0 radical (unpaired) electrons. The van der Waals surface area contributed by atoms with Gasteiger partial charge in [0, 0.05) is 36.5 Å². The maximum atomic E-state index is 13.9. The summed E-state index contributed by atoms with van der Waals surface area (Å²) in [5, 5.41) is 0. The molecular formula is C28H31FN2O6. The quantitative estimate of drug-likeness (QED) is 0.311. The summed E-state index contributed by atoms with van der Waals surface area (Å²) in [4.78, 5) is 41.5. The molecule has 196 valence electrons. The topological polar surface area (TPSA) is 87.1 Å². The van der Waals surface area contributed by atoms with E-state index < -0.39 is 23.7 Å². The monoisotopic (exact) mass is 510 g/mol. The van der Waals surface area contributed by atoms with E-state index in [-0.39, 0.29) is 23.6 Å². The van der Waals surface area contributed by atoms with E-state index in [9.17, 15) is 18.8 Å². The standard InChI is InChI=1S/C28H31FN2O6/c1-16-24(17(2)30(4)25(16)28(34)37-7)26(32)18(3)31(15-19-8-10-21(29)11-9-19)27(33)20-12-22(35-5)14-23(13-20)36-6/h8-14,18H,15H2,1-7H3. The molecule has 37 heavy (non-hydrogen) atoms. The molecule has 0 aliphatic heterocycles. The van der Waals surface area contributed by atoms with Crippen LogP contribution in [0.2, 0.25) is 0 Å². The molecule has 1 atom stereocenters. The fourth-order valence-electron chi connectivity index (χ4n) is 4.34. The van der Waals surface area contributed by atoms with Gasteiger partial charge in [-0.1, -0.05) is 12.1 Å². The van der Waals surface area contributed by atoms with Crippen molar-refractivity contribution >= 4 is 17.7 Å². The zero-order valence-corrected chi connectivity index (χ0v) is 22.0. The largest absolute Gasteiger partial charge is 0.497 e. The molecule has 1 heterocycles. The normalized spacial score (nSPS) is 11.6. The van der Waals surface area contributed by atoms with Crippen molar-refractivity contribution in [3.63, 3.8) is 0 Å². The van der Waals surface area contributed by atoms with E-state index in [0.717, 1.165) is 0 Å². The lowest BCUT2D eigenvalue weighted by Gasteiger charge is -2.29. The molecule has 0 N–H and O–H groups in total. The molecule has 2 aromatic carbocycles. The number of aromatic nitrogens is 1. The van der Waals surface area contributed by atoms with Crippen molar-refractivity contribution in [1.82, 2.24) is 9.47 Å². The molecule has 1 amide bonds. The Labute approximate surface area is 215 Å². The van der Waals surface area contributed by atoms with Crippen LogP contribution in [0.5, 0.6) is 11.5 Å². The molecular weight excluding hydrogens is 479 g/mol. The molecule has 0 bridgehead atoms. The molecule has 0 spiro atoms. The van der Waals surface area contributed by atoms with Crippen molar-refractivity contribution in [1.29, 1.82) is 0 Å². The second kappa shape index (κ2) is 11.3. The first kappa shape index (κ1) is 27.4. The number of hydrogen-bond acceptors (Lipinski definition) is 6. The van der Waals surface area contributed by atoms with Crippen LogP contribution in [0.1, 0.15) is 54.9 Å². The summed E-state index contributed by atoms with van der Waals surface area (Å²) in [6.07, 6.45) is 0. The Morgan fingerprint density at radius 2 is 1.54 bits per heavy atom. The summed E-state index contributed by atoms with van der Waals surface area (Å²) in [5.41, 5.74) is 2.56. The van der Waals surface area contributed by atoms with Gasteiger partial charge in [0.1, 0.15) is 23.0 Å². The van der Waals surface area contributed by atoms with Gasteiger partial charge in [0.15, 0.2) is 5.78 Å². The number of benzene rings is 2. The van der Waals surface area contributed by atoms with Crippen LogP contribution >= 0.6 is 0 Å². The van der Waals surface area contributed by atoms with E-state index in [4.69, 9.17) is 14.2 Å². The maximum Gasteiger partial charge on any atom is 0.354 e. The molecule has 0 fully saturated rings. The van der Waals surface area contributed by atoms with Crippen molar-refractivity contribution in [2.45, 2.75) is 33.4 Å². The highest BCUT2D eigenvalue weighted by molar-refractivity contribution is 6.07. The molecule has 9 heteroatoms. The van der Waals surface area contributed by atoms with Gasteiger partial charge in [0.25, 0.3) is 5.91 Å². The van der Waals surface area contributed by atoms with Crippen molar-refractivity contribution in [2.24, 2.45) is 7.05 Å². The maximum absolute atomic E-state index is 13.9. The number of ketones is 1. The Morgan fingerprint density at radius 1 is 0.973 bits per heavy atom. The van der Waals surface area contributed by atoms with E-state index >= 15 is 0 Å². The smallest absolute Gasteiger partial charge is 0.354 e. The Bertz CT molecular complexity index is 1310. The van der Waals surface area contributed by atoms with E-state index in [2.05, 4.69) is 0 Å². The van der Waals surface area contributed by atoms with Crippen molar-refractivity contribution < 1.29 is 33.0 Å². The van der Waals surface area contributed by atoms with E-state index in [1.165, 1.54) is 38.4 Å². The predicted octanol–water partition coefficient (Wildman–Crippen LogP) is 4.50. The minimum Gasteiger partial charge on any atom is -0.497 e. The number of amides is 1. The third-order valence-electron chi connectivity index (χ3n) is 6.53. The van der Waals surface area contributed by atoms with Gasteiger partial charge in [0.2, 0.25) is 0 Å². The van der Waals surface area contributed by atoms with Crippen LogP contribution in [0.15, 0.2) is 42.5 Å². The van der Waals surface area contributed by atoms with Crippen LogP contribution < -0.4 is 9.47 Å². The van der Waals surface area contributed by atoms with Crippen LogP contribution in [0.3, 0.4) is 0 Å². The van der Waals surface area contributed by atoms with E-state index in [0.29, 0.717) is 33.9 Å². The third kappa shape index (κ3) is 5.50. The van der Waals surface area contributed by atoms with Crippen LogP contribution in [0, 0.1) is 19.7 Å². The lowest BCUT2D eigenvalue weighted by atomic mass is 9.98. The molecule has 0 aliphatic carbocycles. The number of rotatable bonds is 9. The summed E-state index contributed by atoms with van der Waals surface area (Å²) in [5.74, 6) is -0.915. The Kier molecular flexibility index (Phi) is 8.37. The van der Waals surface area contributed by atoms with Gasteiger partial charge in [0.05, 0.1) is 27.4 Å². The number of nitrogens with zero attached hydrogens (tertiary/aromatic N) is 2. The number of carbonyl (C=O) groups excluding carboxylic acids is 3. The Balaban J connectivity index is 2.09. The highest BCUT2D eigenvalue weighted by atomic mass is 19.1. The number of ether oxygens (including phenoxy) is 3. The first-order valence-corrected chi connectivity index (χ1v) is 11.6. The Morgan fingerprint density at radius 3 is 2.05 bits per heavy atom. The third-order valence-corrected chi connectivity index (χ3v) is 6.53. The van der Waals surface area contributed by atoms with Gasteiger partial charge in [-0.05, 0) is 56.2 Å². The number of methoxy groups -OCH3 is 3. The van der Waals surface area contributed by atoms with Gasteiger partial charge in [-0.15, -0.1) is 0 Å². The number of halogens is 1. The van der Waals surface area contributed by atoms with Crippen LogP contribution in [-0.4, -0.2) is 54.5 Å². The molecule has 1 aromatic heterocycles. The predicted molar refractivity (Wildman–Crippen MR) is 136 cm³/mol. The van der Waals surface area contributed by atoms with E-state index in [1.54, 1.807) is 62.7 Å². The van der Waals surface area contributed by atoms with Crippen LogP contribution in [0.25, 0.3) is 0 Å². The van der Waals surface area contributed by atoms with Crippen molar-refractivity contribution in [2.75, 3.05) is 21.3 Å². The fourth-order valence-corrected chi connectivity index (χ4v) is 4.34. The average molecular weight is 511 g/mol. The highest BCUT2D eigenvalue weighted by Crippen LogP contribution is 2.28. The molecule has 3 aromatic rings. The molecule has 0 saturated carbocycles. The van der Waals surface area contributed by atoms with Gasteiger partial charge in [-0.2, -0.15) is 0 Å². The summed E-state index contributed by atoms with van der Waals surface area (Å²) in [6, 6.07) is 9.56. The number of esters is 1. The van der Waals surface area contributed by atoms with Crippen LogP contribution in [-0.2, 0) is 18.3 Å². The lowest BCUT2D eigenvalue weighted by molar-refractivity contribution is 0.0587. The second-order valence-electron chi connectivity index (χ2n) is 8.69. The number of carbonyl (C=O) groups is 3. The van der Waals surface area contributed by atoms with Gasteiger partial charge >= 0.3 is 5.97 Å². The highest BCUT2D eigenvalue weighted by Gasteiger charge is 2.33. The minimum absolute atomic E-state index is 0.0420. The van der Waals surface area contributed by atoms with Crippen molar-refractivity contribution in [3.8, 4) is 11.5 Å². The van der Waals surface area contributed by atoms with E-state index in [1.807, 2.05) is 0 Å². The number of Topliss-reactive ketones (excluding diaryl/α,β-unsaturated/α-hetero) is 1. The fraction of sp³-hybridized carbons (Fsp3) is 0.321. The molecule has 3 rings (SSSR count). The van der Waals surface area contributed by atoms with Gasteiger partial charge < -0.3 is 23.7 Å². The summed E-state index contributed by atoms with van der Waals surface area (Å²) in [6.45, 7) is 5.09. The van der Waals surface area contributed by atoms with Crippen molar-refractivity contribution in [3.05, 3.63) is 81.9 Å². The van der Waals surface area contributed by atoms with Gasteiger partial charge in [-0.3, -0.25) is 9.59 Å². The van der Waals surface area contributed by atoms with Crippen LogP contribution in [0.4, 0.5) is 4.39 Å². The molecule has 0 saturated heterocycles. The average Bonchev–Trinajstić information content (AvgIpc) is 3.13. The Hall–Kier alpha value is -4.14.